The molecule has 1 amide bonds. The van der Waals surface area contributed by atoms with Crippen LogP contribution in [0.2, 0.25) is 5.02 Å². The van der Waals surface area contributed by atoms with E-state index >= 15 is 0 Å². The smallest absolute Gasteiger partial charge is 0.490 e. The molecule has 0 radical (unpaired) electrons. The summed E-state index contributed by atoms with van der Waals surface area (Å²) in [5.41, 5.74) is 1.08. The van der Waals surface area contributed by atoms with E-state index in [0.29, 0.717) is 24.5 Å². The highest BCUT2D eigenvalue weighted by molar-refractivity contribution is 7.90. The van der Waals surface area contributed by atoms with Gasteiger partial charge in [-0.15, -0.1) is 0 Å². The summed E-state index contributed by atoms with van der Waals surface area (Å²) in [5.74, 6) is -2.25. The Kier molecular flexibility index (Phi) is 12.3. The number of ether oxygens (including phenoxy) is 1. The van der Waals surface area contributed by atoms with Crippen LogP contribution in [0.15, 0.2) is 53.7 Å². The predicted octanol–water partition coefficient (Wildman–Crippen LogP) is 5.82. The standard InChI is InChI=1S/C29H28ClF3N6O3S.C2HF3O2/c1-43(41)27-35-23-17-37(24-9-5-8-22(30)25(24)29(31,32)33)13-11-21(23)26(36-27)38-14-15-39(20(16-38)10-12-34)28(40)42-18-19-6-3-2-4-7-19;3-2(4,5)1(6)7/h2-9,20H,10-11,13-18H2,1H3;(H,6,7)/t20-,43?;/m0./s1. The summed E-state index contributed by atoms with van der Waals surface area (Å²) in [6.07, 6.45) is -8.45. The van der Waals surface area contributed by atoms with Gasteiger partial charge in [-0.3, -0.25) is 0 Å². The number of rotatable bonds is 6. The first kappa shape index (κ1) is 38.3. The number of aliphatic carboxylic acids is 1. The number of aromatic nitrogens is 2. The molecule has 1 N–H and O–H groups in total. The van der Waals surface area contributed by atoms with Crippen LogP contribution >= 0.6 is 11.6 Å². The zero-order chi connectivity index (χ0) is 36.8. The van der Waals surface area contributed by atoms with Crippen LogP contribution in [-0.4, -0.2) is 81.2 Å². The van der Waals surface area contributed by atoms with Gasteiger partial charge in [-0.1, -0.05) is 48.0 Å². The van der Waals surface area contributed by atoms with Crippen LogP contribution in [0.3, 0.4) is 0 Å². The van der Waals surface area contributed by atoms with Gasteiger partial charge in [0.05, 0.1) is 47.0 Å². The highest BCUT2D eigenvalue weighted by atomic mass is 35.5. The average molecular weight is 747 g/mol. The van der Waals surface area contributed by atoms with E-state index < -0.39 is 52.2 Å². The van der Waals surface area contributed by atoms with Gasteiger partial charge in [0.25, 0.3) is 0 Å². The third-order valence-corrected chi connectivity index (χ3v) is 8.70. The highest BCUT2D eigenvalue weighted by Gasteiger charge is 2.40. The molecule has 3 heterocycles. The number of benzene rings is 2. The molecule has 19 heteroatoms. The molecule has 2 aliphatic heterocycles. The van der Waals surface area contributed by atoms with Crippen molar-refractivity contribution in [3.8, 4) is 6.07 Å². The van der Waals surface area contributed by atoms with Crippen LogP contribution in [0.1, 0.15) is 28.8 Å². The number of nitriles is 1. The summed E-state index contributed by atoms with van der Waals surface area (Å²) in [6, 6.07) is 15.0. The second-order valence-corrected chi connectivity index (χ2v) is 12.7. The number of alkyl halides is 6. The minimum absolute atomic E-state index is 0.0336. The lowest BCUT2D eigenvalue weighted by atomic mass is 10.0. The number of nitrogens with zero attached hydrogens (tertiary/aromatic N) is 6. The van der Waals surface area contributed by atoms with Gasteiger partial charge in [0.15, 0.2) is 0 Å². The van der Waals surface area contributed by atoms with Gasteiger partial charge in [0.1, 0.15) is 18.7 Å². The zero-order valence-corrected chi connectivity index (χ0v) is 27.7. The van der Waals surface area contributed by atoms with Gasteiger partial charge in [0.2, 0.25) is 0 Å². The van der Waals surface area contributed by atoms with E-state index in [1.165, 1.54) is 29.4 Å². The normalized spacial score (nSPS) is 16.8. The lowest BCUT2D eigenvalue weighted by molar-refractivity contribution is -0.192. The third kappa shape index (κ3) is 9.40. The van der Waals surface area contributed by atoms with Crippen molar-refractivity contribution in [3.63, 3.8) is 0 Å². The van der Waals surface area contributed by atoms with Gasteiger partial charge >= 0.3 is 29.6 Å². The fourth-order valence-electron chi connectivity index (χ4n) is 5.41. The Morgan fingerprint density at radius 1 is 1.06 bits per heavy atom. The lowest BCUT2D eigenvalue weighted by Gasteiger charge is -2.41. The van der Waals surface area contributed by atoms with Crippen LogP contribution in [0.25, 0.3) is 0 Å². The van der Waals surface area contributed by atoms with Crippen LogP contribution in [0, 0.1) is 11.3 Å². The number of carbonyl (C=O) groups is 2. The maximum atomic E-state index is 13.9. The Balaban J connectivity index is 0.000000727. The molecule has 2 atom stereocenters. The second kappa shape index (κ2) is 16.0. The average Bonchev–Trinajstić information content (AvgIpc) is 3.06. The van der Waals surface area contributed by atoms with Crippen LogP contribution in [0.5, 0.6) is 0 Å². The maximum absolute atomic E-state index is 13.9. The number of anilines is 2. The molecule has 0 spiro atoms. The summed E-state index contributed by atoms with van der Waals surface area (Å²) < 4.78 is 91.5. The van der Waals surface area contributed by atoms with E-state index in [-0.39, 0.29) is 50.1 Å². The minimum atomic E-state index is -5.08. The van der Waals surface area contributed by atoms with Gasteiger partial charge in [-0.05, 0) is 24.1 Å². The Morgan fingerprint density at radius 3 is 2.34 bits per heavy atom. The summed E-state index contributed by atoms with van der Waals surface area (Å²) in [4.78, 5) is 36.0. The molecule has 2 aliphatic rings. The molecule has 5 rings (SSSR count). The van der Waals surface area contributed by atoms with Gasteiger partial charge < -0.3 is 29.1 Å². The van der Waals surface area contributed by atoms with E-state index in [0.717, 1.165) is 11.1 Å². The fourth-order valence-corrected chi connectivity index (χ4v) is 6.14. The first-order chi connectivity index (χ1) is 23.5. The monoisotopic (exact) mass is 746 g/mol. The molecule has 1 unspecified atom stereocenters. The number of carbonyl (C=O) groups excluding carboxylic acids is 1. The number of halogens is 7. The van der Waals surface area contributed by atoms with Crippen molar-refractivity contribution in [2.24, 2.45) is 0 Å². The SMILES string of the molecule is C[S+]([O-])c1nc2c(c(N3CCN(C(=O)OCc4ccccc4)[C@@H](CC#N)C3)n1)CCN(c1cccc(Cl)c1C(F)(F)F)C2.O=C(O)C(F)(F)F. The molecule has 1 aromatic heterocycles. The lowest BCUT2D eigenvalue weighted by Crippen LogP contribution is -2.56. The van der Waals surface area contributed by atoms with Gasteiger partial charge in [-0.25, -0.2) is 9.59 Å². The molecule has 11 nitrogen and oxygen atoms in total. The second-order valence-electron chi connectivity index (χ2n) is 11.0. The number of hydrogen-bond donors (Lipinski definition) is 1. The highest BCUT2D eigenvalue weighted by Crippen LogP contribution is 2.43. The van der Waals surface area contributed by atoms with E-state index in [1.54, 1.807) is 4.90 Å². The largest absolute Gasteiger partial charge is 0.609 e. The summed E-state index contributed by atoms with van der Waals surface area (Å²) in [6.45, 7) is 1.26. The molecule has 1 fully saturated rings. The first-order valence-corrected chi connectivity index (χ1v) is 16.7. The molecule has 268 valence electrons. The molecule has 1 saturated heterocycles. The quantitative estimate of drug-likeness (QED) is 0.186. The summed E-state index contributed by atoms with van der Waals surface area (Å²) >= 11 is 4.40. The molecular weight excluding hydrogens is 718 g/mol. The number of carboxylic acid groups (broad SMARTS) is 1. The van der Waals surface area contributed by atoms with E-state index in [1.807, 2.05) is 35.2 Å². The van der Waals surface area contributed by atoms with Crippen molar-refractivity contribution in [2.45, 2.75) is 49.5 Å². The predicted molar refractivity (Wildman–Crippen MR) is 169 cm³/mol. The zero-order valence-electron chi connectivity index (χ0n) is 26.2. The Bertz CT molecular complexity index is 1730. The van der Waals surface area contributed by atoms with Crippen molar-refractivity contribution >= 4 is 46.3 Å². The van der Waals surface area contributed by atoms with Gasteiger partial charge in [-0.2, -0.15) is 41.6 Å². The topological polar surface area (TPSA) is 146 Å². The van der Waals surface area contributed by atoms with E-state index in [2.05, 4.69) is 16.0 Å². The number of fused-ring (bicyclic) bond motifs is 1. The maximum Gasteiger partial charge on any atom is 0.490 e. The molecule has 2 aromatic carbocycles. The van der Waals surface area contributed by atoms with Crippen molar-refractivity contribution in [1.29, 1.82) is 5.26 Å². The fraction of sp³-hybridized carbons (Fsp3) is 0.387. The molecular formula is C31H29ClF6N6O5S. The molecule has 3 aromatic rings. The molecule has 50 heavy (non-hydrogen) atoms. The van der Waals surface area contributed by atoms with E-state index in [4.69, 9.17) is 26.2 Å². The summed E-state index contributed by atoms with van der Waals surface area (Å²) in [5, 5.41) is 16.3. The number of piperazine rings is 1. The van der Waals surface area contributed by atoms with Crippen molar-refractivity contribution in [1.82, 2.24) is 14.9 Å². The number of carboxylic acids is 1. The van der Waals surface area contributed by atoms with Crippen LogP contribution in [-0.2, 0) is 46.5 Å². The molecule has 0 aliphatic carbocycles. The third-order valence-electron chi connectivity index (χ3n) is 7.69. The first-order valence-electron chi connectivity index (χ1n) is 14.7. The van der Waals surface area contributed by atoms with Crippen LogP contribution < -0.4 is 9.80 Å². The van der Waals surface area contributed by atoms with E-state index in [9.17, 15) is 41.0 Å². The van der Waals surface area contributed by atoms with Crippen molar-refractivity contribution < 1.29 is 50.3 Å². The van der Waals surface area contributed by atoms with Crippen molar-refractivity contribution in [3.05, 3.63) is 75.9 Å². The number of amides is 1. The van der Waals surface area contributed by atoms with Crippen molar-refractivity contribution in [2.75, 3.05) is 42.2 Å². The Morgan fingerprint density at radius 2 is 1.74 bits per heavy atom. The van der Waals surface area contributed by atoms with Crippen LogP contribution in [0.4, 0.5) is 42.6 Å². The Hall–Kier alpha value is -4.47. The van der Waals surface area contributed by atoms with Gasteiger partial charge in [0, 0.05) is 42.9 Å². The molecule has 0 bridgehead atoms. The molecule has 0 saturated carbocycles. The Labute approximate surface area is 290 Å². The summed E-state index contributed by atoms with van der Waals surface area (Å²) in [7, 11) is 0. The number of hydrogen-bond acceptors (Lipinski definition) is 9. The minimum Gasteiger partial charge on any atom is -0.609 e.